The van der Waals surface area contributed by atoms with Gasteiger partial charge in [0.05, 0.1) is 24.2 Å². The molecule has 0 radical (unpaired) electrons. The summed E-state index contributed by atoms with van der Waals surface area (Å²) < 4.78 is 45.3. The molecule has 0 aliphatic rings. The second-order valence-corrected chi connectivity index (χ2v) is 7.71. The van der Waals surface area contributed by atoms with Crippen molar-refractivity contribution in [1.29, 1.82) is 0 Å². The van der Waals surface area contributed by atoms with Crippen molar-refractivity contribution in [2.45, 2.75) is 26.3 Å². The number of rotatable bonds is 8. The van der Waals surface area contributed by atoms with Crippen LogP contribution in [-0.2, 0) is 14.8 Å². The fourth-order valence-electron chi connectivity index (χ4n) is 2.73. The Morgan fingerprint density at radius 1 is 1.15 bits per heavy atom. The number of nitrogens with zero attached hydrogens (tertiary/aromatic N) is 1. The molecule has 0 aliphatic carbocycles. The Morgan fingerprint density at radius 3 is 2.37 bits per heavy atom. The van der Waals surface area contributed by atoms with E-state index in [4.69, 9.17) is 4.74 Å². The van der Waals surface area contributed by atoms with Gasteiger partial charge in [0.15, 0.2) is 0 Å². The third kappa shape index (κ3) is 4.97. The summed E-state index contributed by atoms with van der Waals surface area (Å²) in [5, 5.41) is 2.70. The Labute approximate surface area is 159 Å². The number of anilines is 2. The van der Waals surface area contributed by atoms with E-state index in [-0.39, 0.29) is 12.1 Å². The molecule has 27 heavy (non-hydrogen) atoms. The fraction of sp³-hybridized carbons (Fsp3) is 0.316. The normalized spacial score (nSPS) is 12.3. The Hall–Kier alpha value is -2.61. The Morgan fingerprint density at radius 2 is 1.78 bits per heavy atom. The minimum Gasteiger partial charge on any atom is -0.492 e. The van der Waals surface area contributed by atoms with E-state index in [2.05, 4.69) is 5.32 Å². The van der Waals surface area contributed by atoms with E-state index in [1.165, 1.54) is 18.2 Å². The molecule has 0 aromatic heterocycles. The van der Waals surface area contributed by atoms with Crippen LogP contribution in [0.5, 0.6) is 5.75 Å². The maximum atomic E-state index is 14.3. The van der Waals surface area contributed by atoms with E-state index < -0.39 is 27.8 Å². The third-order valence-electron chi connectivity index (χ3n) is 3.86. The fourth-order valence-corrected chi connectivity index (χ4v) is 3.95. The van der Waals surface area contributed by atoms with Gasteiger partial charge in [0.1, 0.15) is 17.6 Å². The van der Waals surface area contributed by atoms with Gasteiger partial charge in [0.25, 0.3) is 0 Å². The van der Waals surface area contributed by atoms with Crippen LogP contribution in [0.4, 0.5) is 15.8 Å². The van der Waals surface area contributed by atoms with Crippen LogP contribution < -0.4 is 14.4 Å². The number of halogens is 1. The van der Waals surface area contributed by atoms with Crippen LogP contribution in [-0.4, -0.2) is 33.2 Å². The summed E-state index contributed by atoms with van der Waals surface area (Å²) in [7, 11) is -3.91. The molecule has 8 heteroatoms. The van der Waals surface area contributed by atoms with E-state index in [9.17, 15) is 17.6 Å². The van der Waals surface area contributed by atoms with Crippen molar-refractivity contribution >= 4 is 27.3 Å². The van der Waals surface area contributed by atoms with Crippen LogP contribution in [0.3, 0.4) is 0 Å². The lowest BCUT2D eigenvalue weighted by molar-refractivity contribution is -0.117. The molecule has 0 heterocycles. The van der Waals surface area contributed by atoms with Crippen LogP contribution in [0.15, 0.2) is 48.5 Å². The topological polar surface area (TPSA) is 75.7 Å². The third-order valence-corrected chi connectivity index (χ3v) is 5.03. The molecular weight excluding hydrogens is 371 g/mol. The second-order valence-electron chi connectivity index (χ2n) is 5.85. The second kappa shape index (κ2) is 8.85. The SMILES string of the molecule is CCOc1ccccc1NC(=O)[C@H](CC)N(c1ccccc1F)S(C)(=O)=O. The molecule has 0 unspecified atom stereocenters. The van der Waals surface area contributed by atoms with E-state index in [1.807, 2.05) is 6.92 Å². The van der Waals surface area contributed by atoms with Gasteiger partial charge in [-0.25, -0.2) is 12.8 Å². The maximum Gasteiger partial charge on any atom is 0.248 e. The molecular formula is C19H23FN2O4S. The molecule has 1 atom stereocenters. The minimum atomic E-state index is -3.91. The summed E-state index contributed by atoms with van der Waals surface area (Å²) in [5.41, 5.74) is 0.255. The van der Waals surface area contributed by atoms with Crippen molar-refractivity contribution in [2.75, 3.05) is 22.5 Å². The molecule has 0 bridgehead atoms. The number of carbonyl (C=O) groups is 1. The van der Waals surface area contributed by atoms with E-state index in [0.29, 0.717) is 18.0 Å². The first-order valence-electron chi connectivity index (χ1n) is 8.56. The van der Waals surface area contributed by atoms with Crippen molar-refractivity contribution in [2.24, 2.45) is 0 Å². The molecule has 6 nitrogen and oxygen atoms in total. The monoisotopic (exact) mass is 394 g/mol. The van der Waals surface area contributed by atoms with Gasteiger partial charge in [-0.1, -0.05) is 31.2 Å². The molecule has 0 saturated heterocycles. The van der Waals surface area contributed by atoms with Crippen LogP contribution in [0.1, 0.15) is 20.3 Å². The standard InChI is InChI=1S/C19H23FN2O4S/c1-4-16(19(23)21-15-11-7-9-13-18(15)26-5-2)22(27(3,24)25)17-12-8-6-10-14(17)20/h6-13,16H,4-5H2,1-3H3,(H,21,23)/t16-/m0/s1. The highest BCUT2D eigenvalue weighted by atomic mass is 32.2. The number of hydrogen-bond acceptors (Lipinski definition) is 4. The Bertz CT molecular complexity index is 902. The largest absolute Gasteiger partial charge is 0.492 e. The van der Waals surface area contributed by atoms with Gasteiger partial charge in [0, 0.05) is 0 Å². The highest BCUT2D eigenvalue weighted by Crippen LogP contribution is 2.28. The summed E-state index contributed by atoms with van der Waals surface area (Å²) in [6.07, 6.45) is 1.10. The van der Waals surface area contributed by atoms with Crippen LogP contribution in [0, 0.1) is 5.82 Å². The number of carbonyl (C=O) groups excluding carboxylic acids is 1. The van der Waals surface area contributed by atoms with Crippen LogP contribution in [0.25, 0.3) is 0 Å². The molecule has 0 aliphatic heterocycles. The quantitative estimate of drug-likeness (QED) is 0.745. The van der Waals surface area contributed by atoms with Gasteiger partial charge in [-0.15, -0.1) is 0 Å². The first kappa shape index (κ1) is 20.7. The molecule has 146 valence electrons. The molecule has 0 saturated carbocycles. The highest BCUT2D eigenvalue weighted by molar-refractivity contribution is 7.92. The van der Waals surface area contributed by atoms with Crippen molar-refractivity contribution in [3.05, 3.63) is 54.3 Å². The lowest BCUT2D eigenvalue weighted by atomic mass is 10.1. The molecule has 0 fully saturated rings. The number of nitrogens with one attached hydrogen (secondary N) is 1. The molecule has 2 aromatic rings. The number of benzene rings is 2. The highest BCUT2D eigenvalue weighted by Gasteiger charge is 2.33. The molecule has 1 amide bonds. The number of amides is 1. The number of para-hydroxylation sites is 3. The number of hydrogen-bond donors (Lipinski definition) is 1. The minimum absolute atomic E-state index is 0.157. The summed E-state index contributed by atoms with van der Waals surface area (Å²) in [6, 6.07) is 11.2. The zero-order valence-corrected chi connectivity index (χ0v) is 16.3. The summed E-state index contributed by atoms with van der Waals surface area (Å²) in [5.74, 6) is -0.817. The van der Waals surface area contributed by atoms with Crippen molar-refractivity contribution in [1.82, 2.24) is 0 Å². The van der Waals surface area contributed by atoms with Crippen molar-refractivity contribution in [3.8, 4) is 5.75 Å². The first-order valence-corrected chi connectivity index (χ1v) is 10.4. The maximum absolute atomic E-state index is 14.3. The van der Waals surface area contributed by atoms with E-state index in [0.717, 1.165) is 16.6 Å². The molecule has 0 spiro atoms. The molecule has 2 aromatic carbocycles. The van der Waals surface area contributed by atoms with E-state index >= 15 is 0 Å². The Kier molecular flexibility index (Phi) is 6.79. The van der Waals surface area contributed by atoms with E-state index in [1.54, 1.807) is 31.2 Å². The lowest BCUT2D eigenvalue weighted by Crippen LogP contribution is -2.47. The van der Waals surface area contributed by atoms with Crippen LogP contribution in [0.2, 0.25) is 0 Å². The predicted octanol–water partition coefficient (Wildman–Crippen LogP) is 3.41. The van der Waals surface area contributed by atoms with Gasteiger partial charge in [-0.2, -0.15) is 0 Å². The lowest BCUT2D eigenvalue weighted by Gasteiger charge is -2.30. The van der Waals surface area contributed by atoms with Gasteiger partial charge < -0.3 is 10.1 Å². The predicted molar refractivity (Wildman–Crippen MR) is 104 cm³/mol. The summed E-state index contributed by atoms with van der Waals surface area (Å²) in [6.45, 7) is 3.89. The molecule has 1 N–H and O–H groups in total. The van der Waals surface area contributed by atoms with Crippen molar-refractivity contribution in [3.63, 3.8) is 0 Å². The smallest absolute Gasteiger partial charge is 0.248 e. The number of ether oxygens (including phenoxy) is 1. The van der Waals surface area contributed by atoms with Gasteiger partial charge >= 0.3 is 0 Å². The average molecular weight is 394 g/mol. The first-order chi connectivity index (χ1) is 12.8. The summed E-state index contributed by atoms with van der Waals surface area (Å²) in [4.78, 5) is 12.9. The Balaban J connectivity index is 2.40. The number of sulfonamides is 1. The van der Waals surface area contributed by atoms with Crippen molar-refractivity contribution < 1.29 is 22.3 Å². The molecule has 2 rings (SSSR count). The zero-order chi connectivity index (χ0) is 20.0. The van der Waals surface area contributed by atoms with Gasteiger partial charge in [-0.05, 0) is 37.6 Å². The van der Waals surface area contributed by atoms with Gasteiger partial charge in [-0.3, -0.25) is 9.10 Å². The van der Waals surface area contributed by atoms with Gasteiger partial charge in [0.2, 0.25) is 15.9 Å². The summed E-state index contributed by atoms with van der Waals surface area (Å²) >= 11 is 0. The average Bonchev–Trinajstić information content (AvgIpc) is 2.61. The zero-order valence-electron chi connectivity index (χ0n) is 15.5. The van der Waals surface area contributed by atoms with Crippen LogP contribution >= 0.6 is 0 Å².